The average molecular weight is 436 g/mol. The number of hydrogen-bond acceptors (Lipinski definition) is 6. The summed E-state index contributed by atoms with van der Waals surface area (Å²) in [6.07, 6.45) is -3.48. The van der Waals surface area contributed by atoms with Gasteiger partial charge in [0, 0.05) is 13.2 Å². The number of pyridine rings is 1. The summed E-state index contributed by atoms with van der Waals surface area (Å²) in [7, 11) is 1.54. The number of carbonyl (C=O) groups is 1. The predicted molar refractivity (Wildman–Crippen MR) is 104 cm³/mol. The maximum absolute atomic E-state index is 12.4. The fraction of sp³-hybridized carbons (Fsp3) is 0.250. The van der Waals surface area contributed by atoms with Gasteiger partial charge in [0.05, 0.1) is 29.9 Å². The molecule has 2 heterocycles. The topological polar surface area (TPSA) is 101 Å². The molecule has 11 heteroatoms. The molecule has 0 aliphatic rings. The molecule has 0 aliphatic carbocycles. The second-order valence-electron chi connectivity index (χ2n) is 6.60. The van der Waals surface area contributed by atoms with Gasteiger partial charge in [-0.15, -0.1) is 13.2 Å². The highest BCUT2D eigenvalue weighted by atomic mass is 19.4. The molecule has 0 saturated carbocycles. The number of rotatable bonds is 7. The van der Waals surface area contributed by atoms with Crippen LogP contribution in [0.3, 0.4) is 0 Å². The van der Waals surface area contributed by atoms with E-state index in [4.69, 9.17) is 0 Å². The van der Waals surface area contributed by atoms with Crippen LogP contribution in [0.1, 0.15) is 17.4 Å². The Morgan fingerprint density at radius 1 is 1.32 bits per heavy atom. The van der Waals surface area contributed by atoms with Gasteiger partial charge in [-0.05, 0) is 42.0 Å². The molecule has 2 N–H and O–H groups in total. The lowest BCUT2D eigenvalue weighted by atomic mass is 10.1. The van der Waals surface area contributed by atoms with E-state index in [1.165, 1.54) is 41.0 Å². The van der Waals surface area contributed by atoms with E-state index in [1.807, 2.05) is 0 Å². The number of halogens is 3. The molecule has 0 aliphatic heterocycles. The first-order valence-electron chi connectivity index (χ1n) is 9.03. The van der Waals surface area contributed by atoms with Gasteiger partial charge < -0.3 is 19.8 Å². The van der Waals surface area contributed by atoms with Crippen molar-refractivity contribution in [2.75, 3.05) is 13.7 Å². The number of hydrogen-bond donors (Lipinski definition) is 2. The Morgan fingerprint density at radius 2 is 2.00 bits per heavy atom. The van der Waals surface area contributed by atoms with Crippen molar-refractivity contribution in [1.29, 1.82) is 0 Å². The summed E-state index contributed by atoms with van der Waals surface area (Å²) in [5.41, 5.74) is 1.40. The number of likely N-dealkylation sites (N-methyl/N-ethyl adjacent to an activating group) is 1. The second-order valence-corrected chi connectivity index (χ2v) is 6.60. The molecule has 1 aromatic carbocycles. The summed E-state index contributed by atoms with van der Waals surface area (Å²) >= 11 is 0. The minimum absolute atomic E-state index is 0.0421. The predicted octanol–water partition coefficient (Wildman–Crippen LogP) is 2.49. The third-order valence-electron chi connectivity index (χ3n) is 4.46. The van der Waals surface area contributed by atoms with Crippen LogP contribution in [0.2, 0.25) is 0 Å². The van der Waals surface area contributed by atoms with Gasteiger partial charge in [-0.2, -0.15) is 5.10 Å². The Morgan fingerprint density at radius 3 is 2.58 bits per heavy atom. The van der Waals surface area contributed by atoms with Crippen molar-refractivity contribution in [3.05, 3.63) is 60.4 Å². The molecule has 0 saturated heterocycles. The van der Waals surface area contributed by atoms with E-state index in [2.05, 4.69) is 21.4 Å². The fourth-order valence-electron chi connectivity index (χ4n) is 3.05. The normalized spacial score (nSPS) is 12.6. The summed E-state index contributed by atoms with van der Waals surface area (Å²) in [6.45, 7) is 2.93. The van der Waals surface area contributed by atoms with Gasteiger partial charge in [-0.3, -0.25) is 4.79 Å². The van der Waals surface area contributed by atoms with Gasteiger partial charge in [-0.25, -0.2) is 9.67 Å². The smallest absolute Gasteiger partial charge is 0.406 e. The van der Waals surface area contributed by atoms with Crippen molar-refractivity contribution in [3.8, 4) is 11.4 Å². The Labute approximate surface area is 174 Å². The molecule has 2 aromatic heterocycles. The molecule has 31 heavy (non-hydrogen) atoms. The highest BCUT2D eigenvalue weighted by Crippen LogP contribution is 2.30. The van der Waals surface area contributed by atoms with Crippen LogP contribution in [0.4, 0.5) is 13.2 Å². The first-order valence-corrected chi connectivity index (χ1v) is 9.03. The highest BCUT2D eigenvalue weighted by molar-refractivity contribution is 5.88. The SMILES string of the molecule is C=CC(=O)N(C)Cc1nn(-c2ccc(OC(F)(F)F)cc2)c2nccc(C(O)CO)c12. The summed E-state index contributed by atoms with van der Waals surface area (Å²) in [6, 6.07) is 6.53. The lowest BCUT2D eigenvalue weighted by molar-refractivity contribution is -0.274. The van der Waals surface area contributed by atoms with Gasteiger partial charge in [0.2, 0.25) is 5.91 Å². The van der Waals surface area contributed by atoms with E-state index in [9.17, 15) is 28.2 Å². The third kappa shape index (κ3) is 4.84. The number of aliphatic hydroxyl groups excluding tert-OH is 2. The van der Waals surface area contributed by atoms with Gasteiger partial charge in [0.15, 0.2) is 5.65 Å². The Bertz CT molecular complexity index is 1100. The van der Waals surface area contributed by atoms with Crippen LogP contribution < -0.4 is 4.74 Å². The summed E-state index contributed by atoms with van der Waals surface area (Å²) in [5.74, 6) is -0.752. The van der Waals surface area contributed by atoms with Crippen molar-refractivity contribution in [1.82, 2.24) is 19.7 Å². The average Bonchev–Trinajstić information content (AvgIpc) is 3.10. The zero-order valence-corrected chi connectivity index (χ0v) is 16.4. The Hall–Kier alpha value is -3.44. The molecule has 1 unspecified atom stereocenters. The van der Waals surface area contributed by atoms with E-state index in [0.29, 0.717) is 28.0 Å². The van der Waals surface area contributed by atoms with Gasteiger partial charge in [0.1, 0.15) is 11.9 Å². The zero-order chi connectivity index (χ0) is 22.8. The van der Waals surface area contributed by atoms with Crippen LogP contribution >= 0.6 is 0 Å². The van der Waals surface area contributed by atoms with Crippen molar-refractivity contribution >= 4 is 16.9 Å². The number of amides is 1. The molecule has 0 bridgehead atoms. The minimum Gasteiger partial charge on any atom is -0.406 e. The lowest BCUT2D eigenvalue weighted by Gasteiger charge is -2.14. The van der Waals surface area contributed by atoms with Crippen LogP contribution in [0.5, 0.6) is 5.75 Å². The molecule has 0 spiro atoms. The maximum atomic E-state index is 12.4. The van der Waals surface area contributed by atoms with Crippen molar-refractivity contribution in [2.45, 2.75) is 19.0 Å². The van der Waals surface area contributed by atoms with Crippen molar-refractivity contribution < 1.29 is 32.9 Å². The second kappa shape index (κ2) is 8.74. The number of carbonyl (C=O) groups excluding carboxylic acids is 1. The first-order chi connectivity index (χ1) is 14.6. The summed E-state index contributed by atoms with van der Waals surface area (Å²) in [5, 5.41) is 24.5. The van der Waals surface area contributed by atoms with E-state index in [0.717, 1.165) is 18.2 Å². The molecule has 0 radical (unpaired) electrons. The molecular weight excluding hydrogens is 417 g/mol. The van der Waals surface area contributed by atoms with Crippen LogP contribution in [0.25, 0.3) is 16.7 Å². The van der Waals surface area contributed by atoms with Gasteiger partial charge in [-0.1, -0.05) is 6.58 Å². The molecule has 3 rings (SSSR count). The molecule has 164 valence electrons. The fourth-order valence-corrected chi connectivity index (χ4v) is 3.05. The summed E-state index contributed by atoms with van der Waals surface area (Å²) in [4.78, 5) is 17.5. The molecule has 1 atom stereocenters. The van der Waals surface area contributed by atoms with Crippen molar-refractivity contribution in [3.63, 3.8) is 0 Å². The minimum atomic E-state index is -4.81. The van der Waals surface area contributed by atoms with E-state index in [-0.39, 0.29) is 12.5 Å². The van der Waals surface area contributed by atoms with Crippen molar-refractivity contribution in [2.24, 2.45) is 0 Å². The quantitative estimate of drug-likeness (QED) is 0.552. The van der Waals surface area contributed by atoms with E-state index >= 15 is 0 Å². The van der Waals surface area contributed by atoms with E-state index < -0.39 is 24.8 Å². The van der Waals surface area contributed by atoms with Gasteiger partial charge in [0.25, 0.3) is 0 Å². The van der Waals surface area contributed by atoms with Crippen LogP contribution in [0, 0.1) is 0 Å². The standard InChI is InChI=1S/C20H19F3N4O4/c1-3-17(30)26(2)10-15-18-14(16(29)11-28)8-9-24-19(18)27(25-15)12-4-6-13(7-5-12)31-20(21,22)23/h3-9,16,28-29H,1,10-11H2,2H3. The number of alkyl halides is 3. The number of aromatic nitrogens is 3. The largest absolute Gasteiger partial charge is 0.573 e. The Kier molecular flexibility index (Phi) is 6.27. The molecule has 0 fully saturated rings. The summed E-state index contributed by atoms with van der Waals surface area (Å²) < 4.78 is 42.5. The molecule has 3 aromatic rings. The third-order valence-corrected chi connectivity index (χ3v) is 4.46. The number of benzene rings is 1. The number of aliphatic hydroxyl groups is 2. The lowest BCUT2D eigenvalue weighted by Crippen LogP contribution is -2.24. The highest BCUT2D eigenvalue weighted by Gasteiger charge is 2.31. The Balaban J connectivity index is 2.12. The molecule has 8 nitrogen and oxygen atoms in total. The van der Waals surface area contributed by atoms with Crippen LogP contribution in [-0.2, 0) is 11.3 Å². The number of nitrogens with zero attached hydrogens (tertiary/aromatic N) is 4. The van der Waals surface area contributed by atoms with Crippen LogP contribution in [-0.4, -0.2) is 55.8 Å². The van der Waals surface area contributed by atoms with Crippen LogP contribution in [0.15, 0.2) is 49.2 Å². The molecule has 1 amide bonds. The number of ether oxygens (including phenoxy) is 1. The maximum Gasteiger partial charge on any atom is 0.573 e. The zero-order valence-electron chi connectivity index (χ0n) is 16.4. The number of fused-ring (bicyclic) bond motifs is 1. The van der Waals surface area contributed by atoms with E-state index in [1.54, 1.807) is 0 Å². The van der Waals surface area contributed by atoms with Gasteiger partial charge >= 0.3 is 6.36 Å². The monoisotopic (exact) mass is 436 g/mol. The molecular formula is C20H19F3N4O4. The first kappa shape index (κ1) is 22.2.